The van der Waals surface area contributed by atoms with Crippen LogP contribution in [0.15, 0.2) is 71.6 Å². The van der Waals surface area contributed by atoms with Crippen LogP contribution in [-0.4, -0.2) is 29.7 Å². The van der Waals surface area contributed by atoms with Gasteiger partial charge in [0.15, 0.2) is 9.84 Å². The predicted octanol–water partition coefficient (Wildman–Crippen LogP) is 4.44. The van der Waals surface area contributed by atoms with Gasteiger partial charge in [-0.05, 0) is 66.9 Å². The number of ether oxygens (including phenoxy) is 1. The van der Waals surface area contributed by atoms with Gasteiger partial charge in [0.25, 0.3) is 0 Å². The Labute approximate surface area is 181 Å². The van der Waals surface area contributed by atoms with E-state index >= 15 is 0 Å². The molecule has 1 heterocycles. The van der Waals surface area contributed by atoms with Crippen LogP contribution in [0, 0.1) is 0 Å². The number of nitrogens with zero attached hydrogens (tertiary/aromatic N) is 1. The SMILES string of the molecule is CC(C)(O)c1ccccc1-c1ccc2nc(COc3ccc(S(C)(=O)=O)cc3)[nH]c2c1. The molecule has 0 atom stereocenters. The first-order chi connectivity index (χ1) is 14.6. The summed E-state index contributed by atoms with van der Waals surface area (Å²) in [5.74, 6) is 1.22. The van der Waals surface area contributed by atoms with Crippen molar-refractivity contribution in [3.8, 4) is 16.9 Å². The Balaban J connectivity index is 1.56. The molecule has 0 saturated carbocycles. The van der Waals surface area contributed by atoms with Crippen LogP contribution in [0.5, 0.6) is 5.75 Å². The van der Waals surface area contributed by atoms with Crippen LogP contribution in [-0.2, 0) is 22.0 Å². The molecule has 6 nitrogen and oxygen atoms in total. The van der Waals surface area contributed by atoms with Gasteiger partial charge < -0.3 is 14.8 Å². The van der Waals surface area contributed by atoms with Crippen LogP contribution in [0.1, 0.15) is 25.2 Å². The van der Waals surface area contributed by atoms with Crippen LogP contribution in [0.25, 0.3) is 22.2 Å². The molecule has 0 aliphatic heterocycles. The zero-order valence-corrected chi connectivity index (χ0v) is 18.4. The molecule has 3 aromatic carbocycles. The summed E-state index contributed by atoms with van der Waals surface area (Å²) >= 11 is 0. The van der Waals surface area contributed by atoms with Gasteiger partial charge in [-0.3, -0.25) is 0 Å². The van der Waals surface area contributed by atoms with E-state index < -0.39 is 15.4 Å². The number of aromatic amines is 1. The minimum absolute atomic E-state index is 0.225. The second-order valence-corrected chi connectivity index (χ2v) is 10.1. The minimum atomic E-state index is -3.23. The third-order valence-electron chi connectivity index (χ3n) is 5.06. The van der Waals surface area contributed by atoms with Crippen molar-refractivity contribution in [2.45, 2.75) is 31.0 Å². The third kappa shape index (κ3) is 4.62. The summed E-state index contributed by atoms with van der Waals surface area (Å²) in [4.78, 5) is 8.09. The van der Waals surface area contributed by atoms with Gasteiger partial charge in [-0.1, -0.05) is 30.3 Å². The van der Waals surface area contributed by atoms with Crippen LogP contribution < -0.4 is 4.74 Å². The number of sulfone groups is 1. The molecular formula is C24H24N2O4S. The second kappa shape index (κ2) is 7.83. The summed E-state index contributed by atoms with van der Waals surface area (Å²) in [6, 6.07) is 20.0. The van der Waals surface area contributed by atoms with Crippen molar-refractivity contribution in [1.82, 2.24) is 9.97 Å². The lowest BCUT2D eigenvalue weighted by atomic mass is 9.89. The highest BCUT2D eigenvalue weighted by atomic mass is 32.2. The maximum atomic E-state index is 11.6. The minimum Gasteiger partial charge on any atom is -0.486 e. The molecule has 0 spiro atoms. The zero-order valence-electron chi connectivity index (χ0n) is 17.6. The van der Waals surface area contributed by atoms with E-state index in [1.54, 1.807) is 26.0 Å². The van der Waals surface area contributed by atoms with E-state index in [0.717, 1.165) is 27.7 Å². The molecule has 0 bridgehead atoms. The predicted molar refractivity (Wildman–Crippen MR) is 121 cm³/mol. The largest absolute Gasteiger partial charge is 0.486 e. The second-order valence-electron chi connectivity index (χ2n) is 8.05. The fourth-order valence-corrected chi connectivity index (χ4v) is 4.13. The fraction of sp³-hybridized carbons (Fsp3) is 0.208. The van der Waals surface area contributed by atoms with Gasteiger partial charge in [0.1, 0.15) is 18.2 Å². The number of aromatic nitrogens is 2. The lowest BCUT2D eigenvalue weighted by Gasteiger charge is -2.21. The number of H-pyrrole nitrogens is 1. The van der Waals surface area contributed by atoms with Gasteiger partial charge in [0, 0.05) is 6.26 Å². The van der Waals surface area contributed by atoms with E-state index in [-0.39, 0.29) is 11.5 Å². The summed E-state index contributed by atoms with van der Waals surface area (Å²) in [6.07, 6.45) is 1.17. The lowest BCUT2D eigenvalue weighted by molar-refractivity contribution is 0.0792. The van der Waals surface area contributed by atoms with E-state index in [1.807, 2.05) is 42.5 Å². The Kier molecular flexibility index (Phi) is 5.33. The van der Waals surface area contributed by atoms with E-state index in [0.29, 0.717) is 11.6 Å². The van der Waals surface area contributed by atoms with Gasteiger partial charge in [-0.2, -0.15) is 0 Å². The molecule has 0 aliphatic rings. The number of hydrogen-bond donors (Lipinski definition) is 2. The third-order valence-corrected chi connectivity index (χ3v) is 6.18. The smallest absolute Gasteiger partial charge is 0.175 e. The number of hydrogen-bond acceptors (Lipinski definition) is 5. The van der Waals surface area contributed by atoms with Crippen molar-refractivity contribution in [2.75, 3.05) is 6.26 Å². The first-order valence-corrected chi connectivity index (χ1v) is 11.7. The number of rotatable bonds is 6. The number of benzene rings is 3. The molecule has 0 aliphatic carbocycles. The topological polar surface area (TPSA) is 92.3 Å². The van der Waals surface area contributed by atoms with E-state index in [4.69, 9.17) is 4.74 Å². The van der Waals surface area contributed by atoms with Crippen molar-refractivity contribution in [3.63, 3.8) is 0 Å². The van der Waals surface area contributed by atoms with Gasteiger partial charge in [0.05, 0.1) is 21.5 Å². The van der Waals surface area contributed by atoms with Crippen LogP contribution in [0.3, 0.4) is 0 Å². The first kappa shape index (κ1) is 21.1. The molecule has 7 heteroatoms. The van der Waals surface area contributed by atoms with Crippen LogP contribution >= 0.6 is 0 Å². The number of fused-ring (bicyclic) bond motifs is 1. The summed E-state index contributed by atoms with van der Waals surface area (Å²) in [6.45, 7) is 3.78. The summed E-state index contributed by atoms with van der Waals surface area (Å²) in [7, 11) is -3.23. The van der Waals surface area contributed by atoms with E-state index in [9.17, 15) is 13.5 Å². The van der Waals surface area contributed by atoms with Crippen LogP contribution in [0.2, 0.25) is 0 Å². The normalized spacial score (nSPS) is 12.3. The highest BCUT2D eigenvalue weighted by Crippen LogP contribution is 2.32. The van der Waals surface area contributed by atoms with Gasteiger partial charge >= 0.3 is 0 Å². The number of imidazole rings is 1. The van der Waals surface area contributed by atoms with Crippen molar-refractivity contribution >= 4 is 20.9 Å². The van der Waals surface area contributed by atoms with E-state index in [2.05, 4.69) is 9.97 Å². The Morgan fingerprint density at radius 3 is 2.42 bits per heavy atom. The molecule has 31 heavy (non-hydrogen) atoms. The summed E-state index contributed by atoms with van der Waals surface area (Å²) in [5.41, 5.74) is 3.54. The Hall–Kier alpha value is -3.16. The summed E-state index contributed by atoms with van der Waals surface area (Å²) in [5, 5.41) is 10.5. The number of aliphatic hydroxyl groups is 1. The average Bonchev–Trinajstić information content (AvgIpc) is 3.13. The molecule has 160 valence electrons. The number of nitrogens with one attached hydrogen (secondary N) is 1. The molecule has 2 N–H and O–H groups in total. The maximum absolute atomic E-state index is 11.6. The molecule has 0 fully saturated rings. The zero-order chi connectivity index (χ0) is 22.2. The Morgan fingerprint density at radius 1 is 1.03 bits per heavy atom. The lowest BCUT2D eigenvalue weighted by Crippen LogP contribution is -2.16. The van der Waals surface area contributed by atoms with E-state index in [1.165, 1.54) is 18.4 Å². The molecule has 0 amide bonds. The first-order valence-electron chi connectivity index (χ1n) is 9.85. The Morgan fingerprint density at radius 2 is 1.74 bits per heavy atom. The molecular weight excluding hydrogens is 412 g/mol. The van der Waals surface area contributed by atoms with Crippen molar-refractivity contribution < 1.29 is 18.3 Å². The van der Waals surface area contributed by atoms with Crippen molar-refractivity contribution in [2.24, 2.45) is 0 Å². The van der Waals surface area contributed by atoms with Gasteiger partial charge in [0.2, 0.25) is 0 Å². The fourth-order valence-electron chi connectivity index (χ4n) is 3.50. The quantitative estimate of drug-likeness (QED) is 0.466. The van der Waals surface area contributed by atoms with Crippen LogP contribution in [0.4, 0.5) is 0 Å². The van der Waals surface area contributed by atoms with Gasteiger partial charge in [-0.15, -0.1) is 0 Å². The molecule has 4 aromatic rings. The molecule has 1 aromatic heterocycles. The standard InChI is InChI=1S/C24H24N2O4S/c1-24(2,27)20-7-5-4-6-19(20)16-8-13-21-22(14-16)26-23(25-21)15-30-17-9-11-18(12-10-17)31(3,28)29/h4-14,27H,15H2,1-3H3,(H,25,26). The highest BCUT2D eigenvalue weighted by molar-refractivity contribution is 7.90. The van der Waals surface area contributed by atoms with Crippen molar-refractivity contribution in [3.05, 3.63) is 78.1 Å². The average molecular weight is 437 g/mol. The molecule has 4 rings (SSSR count). The molecule has 0 unspecified atom stereocenters. The van der Waals surface area contributed by atoms with Gasteiger partial charge in [-0.25, -0.2) is 13.4 Å². The maximum Gasteiger partial charge on any atom is 0.175 e. The summed E-state index contributed by atoms with van der Waals surface area (Å²) < 4.78 is 28.9. The molecule has 0 saturated heterocycles. The monoisotopic (exact) mass is 436 g/mol. The molecule has 0 radical (unpaired) electrons. The van der Waals surface area contributed by atoms with Crippen molar-refractivity contribution in [1.29, 1.82) is 0 Å². The Bertz CT molecular complexity index is 1330. The highest BCUT2D eigenvalue weighted by Gasteiger charge is 2.20.